The number of carboxylic acid groups (broad SMARTS) is 3. The maximum atomic E-state index is 10.2. The number of quaternary nitrogens is 2. The second-order valence-corrected chi connectivity index (χ2v) is 16.3. The van der Waals surface area contributed by atoms with Crippen LogP contribution < -0.4 is 26.8 Å². The van der Waals surface area contributed by atoms with Crippen molar-refractivity contribution in [3.63, 3.8) is 0 Å². The molecule has 0 aliphatic rings. The third-order valence-corrected chi connectivity index (χ3v) is 9.46. The van der Waals surface area contributed by atoms with Gasteiger partial charge in [-0.3, -0.25) is 0 Å². The molecular weight excluding hydrogens is 943 g/mol. The van der Waals surface area contributed by atoms with E-state index < -0.39 is 66.5 Å². The molecular formula is C57H92MgN3O12-. The fraction of sp³-hybridized carbons (Fsp3) is 0.509. The predicted octanol–water partition coefficient (Wildman–Crippen LogP) is 3.31. The van der Waals surface area contributed by atoms with E-state index in [-0.39, 0.29) is 29.5 Å². The largest absolute Gasteiger partial charge is 2.00 e. The summed E-state index contributed by atoms with van der Waals surface area (Å²) in [5.41, 5.74) is 14.2. The van der Waals surface area contributed by atoms with Crippen molar-refractivity contribution in [1.82, 2.24) is 0 Å². The minimum absolute atomic E-state index is 0. The van der Waals surface area contributed by atoms with Gasteiger partial charge < -0.3 is 84.5 Å². The molecule has 0 fully saturated rings. The number of hydrogen-bond donors (Lipinski definition) is 8. The maximum absolute atomic E-state index is 10.2. The van der Waals surface area contributed by atoms with E-state index in [9.17, 15) is 60.3 Å². The molecule has 410 valence electrons. The van der Waals surface area contributed by atoms with Crippen molar-refractivity contribution >= 4 is 41.0 Å². The molecule has 8 atom stereocenters. The van der Waals surface area contributed by atoms with E-state index in [2.05, 4.69) is 31.4 Å². The molecule has 15 nitrogen and oxygen atoms in total. The van der Waals surface area contributed by atoms with Gasteiger partial charge in [0.05, 0.1) is 49.7 Å². The van der Waals surface area contributed by atoms with Crippen LogP contribution in [0.2, 0.25) is 0 Å². The van der Waals surface area contributed by atoms with E-state index >= 15 is 0 Å². The van der Waals surface area contributed by atoms with Gasteiger partial charge in [-0.1, -0.05) is 192 Å². The number of carbonyl (C=O) groups is 3. The molecule has 0 amide bonds. The second-order valence-electron chi connectivity index (χ2n) is 16.3. The fourth-order valence-electron chi connectivity index (χ4n) is 5.15. The van der Waals surface area contributed by atoms with Crippen molar-refractivity contribution < 1.29 is 71.8 Å². The molecule has 0 aromatic carbocycles. The van der Waals surface area contributed by atoms with Gasteiger partial charge in [0, 0.05) is 17.9 Å². The average molecular weight is 1040 g/mol. The van der Waals surface area contributed by atoms with Gasteiger partial charge in [-0.15, -0.1) is 5.92 Å². The minimum Gasteiger partial charge on any atom is -0.670 e. The van der Waals surface area contributed by atoms with E-state index in [0.717, 1.165) is 64.5 Å². The summed E-state index contributed by atoms with van der Waals surface area (Å²) in [5.74, 6) is -3.96. The van der Waals surface area contributed by atoms with Crippen molar-refractivity contribution in [2.24, 2.45) is 5.92 Å². The molecule has 0 spiro atoms. The van der Waals surface area contributed by atoms with E-state index in [1.807, 2.05) is 68.5 Å². The normalized spacial score (nSPS) is 15.6. The van der Waals surface area contributed by atoms with Crippen molar-refractivity contribution in [1.29, 1.82) is 0 Å². The van der Waals surface area contributed by atoms with Crippen molar-refractivity contribution in [2.75, 3.05) is 13.1 Å². The second kappa shape index (κ2) is 60.3. The Morgan fingerprint density at radius 2 is 0.877 bits per heavy atom. The van der Waals surface area contributed by atoms with Gasteiger partial charge in [0.25, 0.3) is 0 Å². The summed E-state index contributed by atoms with van der Waals surface area (Å²) in [6, 6.07) is -1.05. The van der Waals surface area contributed by atoms with Crippen molar-refractivity contribution in [2.45, 2.75) is 166 Å². The van der Waals surface area contributed by atoms with E-state index in [1.165, 1.54) is 6.08 Å². The summed E-state index contributed by atoms with van der Waals surface area (Å²) in [4.78, 5) is 30.3. The van der Waals surface area contributed by atoms with Gasteiger partial charge in [-0.05, 0) is 83.5 Å². The van der Waals surface area contributed by atoms with Crippen LogP contribution >= 0.6 is 0 Å². The zero-order valence-electron chi connectivity index (χ0n) is 44.2. The molecule has 0 saturated carbocycles. The first-order chi connectivity index (χ1) is 34.4. The number of carboxylic acids is 3. The molecule has 0 aliphatic carbocycles. The number of allylic oxidation sites excluding steroid dienone is 16. The first-order valence-corrected chi connectivity index (χ1v) is 25.2. The Bertz CT molecular complexity index is 1640. The van der Waals surface area contributed by atoms with Gasteiger partial charge in [-0.2, -0.15) is 0 Å². The van der Waals surface area contributed by atoms with Crippen LogP contribution in [0, 0.1) is 12.8 Å². The number of carbonyl (C=O) groups excluding carboxylic acids is 3. The Kier molecular flexibility index (Phi) is 64.0. The van der Waals surface area contributed by atoms with Gasteiger partial charge in [0.15, 0.2) is 0 Å². The molecule has 0 radical (unpaired) electrons. The average Bonchev–Trinajstić information content (AvgIpc) is 3.34. The van der Waals surface area contributed by atoms with Crippen LogP contribution in [0.5, 0.6) is 0 Å². The predicted molar refractivity (Wildman–Crippen MR) is 290 cm³/mol. The number of hydrogen-bond acceptors (Lipinski definition) is 12. The molecule has 0 bridgehead atoms. The first kappa shape index (κ1) is 77.6. The first-order valence-electron chi connectivity index (χ1n) is 25.2. The molecule has 0 rings (SSSR count). The Hall–Kier alpha value is -4.30. The molecule has 0 aromatic rings. The number of aliphatic hydroxyl groups excluding tert-OH is 6. The zero-order chi connectivity index (χ0) is 55.0. The Labute approximate surface area is 454 Å². The van der Waals surface area contributed by atoms with Crippen LogP contribution in [0.4, 0.5) is 0 Å². The minimum atomic E-state index is -1.27. The smallest absolute Gasteiger partial charge is 0.670 e. The number of aliphatic hydroxyl groups is 6. The topological polar surface area (TPSA) is 321 Å². The third kappa shape index (κ3) is 63.8. The van der Waals surface area contributed by atoms with Crippen molar-refractivity contribution in [3.05, 3.63) is 158 Å². The number of nitrogens with one attached hydrogen (secondary N) is 1. The molecule has 0 unspecified atom stereocenters. The fourth-order valence-corrected chi connectivity index (χ4v) is 5.15. The number of rotatable bonds is 37. The van der Waals surface area contributed by atoms with Gasteiger partial charge in [0.2, 0.25) is 0 Å². The quantitative estimate of drug-likeness (QED) is 0.0146. The number of unbranched alkanes of at least 4 members (excludes halogenated alkanes) is 3. The van der Waals surface area contributed by atoms with Crippen LogP contribution in [0.1, 0.15) is 124 Å². The Morgan fingerprint density at radius 3 is 1.23 bits per heavy atom. The molecule has 0 heterocycles. The SMILES string of the molecule is CC/C=C\C[C@H](O)[C@H](O)/C=C/C=C/C=C\C=C\[C@@H](O)C/C=C\CCC.CC/C=C\C[C@H](O)[C@H](O)/C=C/C=C/C=C\C=C\[C@@H](O)C/C=C\CCC(=O)[O-].[CH2-][C@@H](CCCC[NH3+])C(=O)[O-].[Mg+2].[NH-][C@@H](CCCC[NH3+])C(=O)[O-]. The van der Waals surface area contributed by atoms with Crippen LogP contribution in [-0.4, -0.2) is 127 Å². The van der Waals surface area contributed by atoms with Crippen LogP contribution in [0.25, 0.3) is 5.73 Å². The van der Waals surface area contributed by atoms with Crippen LogP contribution in [-0.2, 0) is 14.4 Å². The van der Waals surface area contributed by atoms with E-state index in [1.54, 1.807) is 79.0 Å². The summed E-state index contributed by atoms with van der Waals surface area (Å²) in [7, 11) is 0. The molecule has 0 saturated heterocycles. The molecule has 13 N–H and O–H groups in total. The Morgan fingerprint density at radius 1 is 0.507 bits per heavy atom. The standard InChI is InChI=1S/C22H32O5.C22H34O3.C7H14NO2.C6H13N2O2.Mg/c1-2-3-9-16-20(24)21(25)17-12-7-5-4-6-10-14-19(23)15-11-8-13-18-22(26)27;1-3-5-7-13-16-20(23)17-14-10-8-9-11-15-19-22(25)21(24)18-12-6-4-2;1-6(7(9)10)4-2-3-5-8;7-4-2-1-3-5(8)6(9)10;/h3-12,14,17,19-21,23-25H,2,13,15-16,18H2,1H3,(H,26,27);6-15,17,19-25H,3-5,16,18H2,1-2H3;6H,1-5,8H2,(H,9,10);5,8H,1-4,7H2,(H,9,10);/q;;2*-1;+2/p-1/b6-4-,7-5+,9-3-,11-8-,14-10+,17-12+;10-8-,11-9+,12-6-,13-7-,17-14+,19-15+;;;/t19-,20+,21-;20-,21-,22+;6-;5-;/m1000./s1. The third-order valence-electron chi connectivity index (χ3n) is 9.46. The molecule has 16 heteroatoms. The molecule has 0 aliphatic heterocycles. The summed E-state index contributed by atoms with van der Waals surface area (Å²) in [6.45, 7) is 11.3. The van der Waals surface area contributed by atoms with Gasteiger partial charge in [-0.25, -0.2) is 0 Å². The zero-order valence-corrected chi connectivity index (χ0v) is 45.6. The molecule has 73 heavy (non-hydrogen) atoms. The monoisotopic (exact) mass is 1030 g/mol. The van der Waals surface area contributed by atoms with Gasteiger partial charge >= 0.3 is 23.1 Å². The van der Waals surface area contributed by atoms with Gasteiger partial charge in [0.1, 0.15) is 0 Å². The Balaban J connectivity index is -0.000000306. The molecule has 0 aromatic heterocycles. The van der Waals surface area contributed by atoms with Crippen LogP contribution in [0.3, 0.4) is 0 Å². The summed E-state index contributed by atoms with van der Waals surface area (Å²) >= 11 is 0. The number of aliphatic carboxylic acids is 3. The van der Waals surface area contributed by atoms with E-state index in [4.69, 9.17) is 5.73 Å². The van der Waals surface area contributed by atoms with Crippen molar-refractivity contribution in [3.8, 4) is 0 Å². The maximum Gasteiger partial charge on any atom is 2.00 e. The van der Waals surface area contributed by atoms with E-state index in [0.29, 0.717) is 44.9 Å². The summed E-state index contributed by atoms with van der Waals surface area (Å²) in [5, 5.41) is 88.7. The summed E-state index contributed by atoms with van der Waals surface area (Å²) in [6.07, 6.45) is 49.2. The van der Waals surface area contributed by atoms with Crippen LogP contribution in [0.15, 0.2) is 146 Å². The summed E-state index contributed by atoms with van der Waals surface area (Å²) < 4.78 is 0.